The van der Waals surface area contributed by atoms with Crippen LogP contribution in [-0.4, -0.2) is 48.3 Å². The molecule has 0 unspecified atom stereocenters. The number of para-hydroxylation sites is 2. The van der Waals surface area contributed by atoms with E-state index >= 15 is 0 Å². The minimum Gasteiger partial charge on any atom is -0.496 e. The van der Waals surface area contributed by atoms with Gasteiger partial charge in [-0.1, -0.05) is 36.4 Å². The van der Waals surface area contributed by atoms with Gasteiger partial charge in [0.05, 0.1) is 19.1 Å². The molecule has 1 heterocycles. The molecule has 0 spiro atoms. The Morgan fingerprint density at radius 1 is 0.917 bits per heavy atom. The summed E-state index contributed by atoms with van der Waals surface area (Å²) in [6.07, 6.45) is 0.463. The fourth-order valence-corrected chi connectivity index (χ4v) is 4.79. The molecule has 0 aliphatic carbocycles. The Morgan fingerprint density at radius 2 is 1.42 bits per heavy atom. The Morgan fingerprint density at radius 3 is 1.89 bits per heavy atom. The van der Waals surface area contributed by atoms with E-state index in [2.05, 4.69) is 0 Å². The zero-order valence-corrected chi connectivity index (χ0v) is 20.1. The van der Waals surface area contributed by atoms with Crippen LogP contribution in [0.4, 0.5) is 10.5 Å². The summed E-state index contributed by atoms with van der Waals surface area (Å²) in [5, 5.41) is 23.2. The maximum atomic E-state index is 12.8. The van der Waals surface area contributed by atoms with Crippen molar-refractivity contribution < 1.29 is 29.0 Å². The van der Waals surface area contributed by atoms with Gasteiger partial charge in [0.1, 0.15) is 22.8 Å². The van der Waals surface area contributed by atoms with Crippen LogP contribution in [0.3, 0.4) is 0 Å². The van der Waals surface area contributed by atoms with Crippen molar-refractivity contribution in [3.63, 3.8) is 0 Å². The molecule has 188 valence electrons. The molecule has 1 saturated heterocycles. The summed E-state index contributed by atoms with van der Waals surface area (Å²) < 4.78 is 16.6. The highest BCUT2D eigenvalue weighted by atomic mass is 16.6. The number of likely N-dealkylation sites (tertiary alicyclic amines) is 1. The predicted molar refractivity (Wildman–Crippen MR) is 132 cm³/mol. The second kappa shape index (κ2) is 10.7. The van der Waals surface area contributed by atoms with Crippen LogP contribution in [0.1, 0.15) is 24.0 Å². The third kappa shape index (κ3) is 4.83. The Kier molecular flexibility index (Phi) is 7.40. The molecule has 0 aromatic heterocycles. The molecule has 36 heavy (non-hydrogen) atoms. The SMILES string of the molecule is COc1ccccc1C(O)(c1ccccc1OC)C1CCN(C(=O)Oc2ccc([N+](=O)[O-])cc2)CC1. The summed E-state index contributed by atoms with van der Waals surface area (Å²) in [5.41, 5.74) is -0.247. The number of hydrogen-bond acceptors (Lipinski definition) is 7. The second-order valence-corrected chi connectivity index (χ2v) is 8.55. The van der Waals surface area contributed by atoms with Gasteiger partial charge in [-0.2, -0.15) is 0 Å². The highest BCUT2D eigenvalue weighted by molar-refractivity contribution is 5.71. The molecule has 3 aromatic carbocycles. The van der Waals surface area contributed by atoms with E-state index in [-0.39, 0.29) is 17.4 Å². The third-order valence-electron chi connectivity index (χ3n) is 6.63. The number of ether oxygens (including phenoxy) is 3. The van der Waals surface area contributed by atoms with Gasteiger partial charge < -0.3 is 24.2 Å². The standard InChI is InChI=1S/C27H28N2O7/c1-34-24-9-5-3-7-22(24)27(31,23-8-4-6-10-25(23)35-2)19-15-17-28(18-16-19)26(30)36-21-13-11-20(12-14-21)29(32)33/h3-14,19,31H,15-18H2,1-2H3. The Hall–Kier alpha value is -4.11. The minimum atomic E-state index is -1.42. The summed E-state index contributed by atoms with van der Waals surface area (Å²) in [5.74, 6) is 1.11. The predicted octanol–water partition coefficient (Wildman–Crippen LogP) is 4.76. The van der Waals surface area contributed by atoms with Crippen molar-refractivity contribution >= 4 is 11.8 Å². The van der Waals surface area contributed by atoms with E-state index in [1.54, 1.807) is 19.1 Å². The number of non-ortho nitro benzene ring substituents is 1. The largest absolute Gasteiger partial charge is 0.496 e. The first-order valence-corrected chi connectivity index (χ1v) is 11.6. The van der Waals surface area contributed by atoms with Crippen LogP contribution in [0.15, 0.2) is 72.8 Å². The van der Waals surface area contributed by atoms with Gasteiger partial charge in [0, 0.05) is 36.3 Å². The number of nitrogens with zero attached hydrogens (tertiary/aromatic N) is 2. The number of amides is 1. The number of aliphatic hydroxyl groups is 1. The van der Waals surface area contributed by atoms with Gasteiger partial charge in [0.25, 0.3) is 5.69 Å². The number of nitro benzene ring substituents is 1. The van der Waals surface area contributed by atoms with Gasteiger partial charge in [0.15, 0.2) is 0 Å². The number of rotatable bonds is 7. The lowest BCUT2D eigenvalue weighted by atomic mass is 9.71. The number of carbonyl (C=O) groups is 1. The highest BCUT2D eigenvalue weighted by Crippen LogP contribution is 2.48. The van der Waals surface area contributed by atoms with Crippen molar-refractivity contribution in [2.45, 2.75) is 18.4 Å². The van der Waals surface area contributed by atoms with Crippen LogP contribution in [-0.2, 0) is 5.60 Å². The summed E-state index contributed by atoms with van der Waals surface area (Å²) in [4.78, 5) is 24.6. The molecule has 1 N–H and O–H groups in total. The van der Waals surface area contributed by atoms with Gasteiger partial charge in [-0.05, 0) is 43.0 Å². The average Bonchev–Trinajstić information content (AvgIpc) is 2.93. The molecule has 9 heteroatoms. The summed E-state index contributed by atoms with van der Waals surface area (Å²) in [7, 11) is 3.14. The lowest BCUT2D eigenvalue weighted by molar-refractivity contribution is -0.384. The Labute approximate surface area is 209 Å². The van der Waals surface area contributed by atoms with E-state index in [9.17, 15) is 20.0 Å². The van der Waals surface area contributed by atoms with Gasteiger partial charge in [-0.25, -0.2) is 4.79 Å². The molecular formula is C27H28N2O7. The topological polar surface area (TPSA) is 111 Å². The average molecular weight is 493 g/mol. The second-order valence-electron chi connectivity index (χ2n) is 8.55. The lowest BCUT2D eigenvalue weighted by Crippen LogP contribution is -2.47. The normalized spacial score (nSPS) is 14.2. The Balaban J connectivity index is 1.56. The molecule has 1 aliphatic rings. The van der Waals surface area contributed by atoms with E-state index in [1.165, 1.54) is 24.3 Å². The van der Waals surface area contributed by atoms with Crippen LogP contribution >= 0.6 is 0 Å². The first-order chi connectivity index (χ1) is 17.4. The fourth-order valence-electron chi connectivity index (χ4n) is 4.79. The first kappa shape index (κ1) is 25.0. The van der Waals surface area contributed by atoms with Crippen molar-refractivity contribution in [1.29, 1.82) is 0 Å². The van der Waals surface area contributed by atoms with Crippen molar-refractivity contribution in [3.05, 3.63) is 94.0 Å². The molecule has 1 amide bonds. The quantitative estimate of drug-likeness (QED) is 0.374. The van der Waals surface area contributed by atoms with Gasteiger partial charge in [0.2, 0.25) is 0 Å². The van der Waals surface area contributed by atoms with E-state index < -0.39 is 16.6 Å². The zero-order valence-electron chi connectivity index (χ0n) is 20.1. The molecule has 0 saturated carbocycles. The molecule has 9 nitrogen and oxygen atoms in total. The van der Waals surface area contributed by atoms with Crippen LogP contribution in [0.5, 0.6) is 17.2 Å². The molecule has 1 aliphatic heterocycles. The van der Waals surface area contributed by atoms with Gasteiger partial charge in [-0.15, -0.1) is 0 Å². The fraction of sp³-hybridized carbons (Fsp3) is 0.296. The molecular weight excluding hydrogens is 464 g/mol. The van der Waals surface area contributed by atoms with E-state index in [0.717, 1.165) is 0 Å². The number of carbonyl (C=O) groups excluding carboxylic acids is 1. The number of nitro groups is 1. The lowest BCUT2D eigenvalue weighted by Gasteiger charge is -2.42. The smallest absolute Gasteiger partial charge is 0.415 e. The van der Waals surface area contributed by atoms with Crippen molar-refractivity contribution in [2.75, 3.05) is 27.3 Å². The minimum absolute atomic E-state index is 0.0809. The molecule has 0 radical (unpaired) electrons. The Bertz CT molecular complexity index is 1170. The maximum absolute atomic E-state index is 12.8. The van der Waals surface area contributed by atoms with E-state index in [1.807, 2.05) is 48.5 Å². The number of hydrogen-bond donors (Lipinski definition) is 1. The number of methoxy groups -OCH3 is 2. The van der Waals surface area contributed by atoms with Crippen LogP contribution < -0.4 is 14.2 Å². The maximum Gasteiger partial charge on any atom is 0.415 e. The van der Waals surface area contributed by atoms with Crippen LogP contribution in [0.2, 0.25) is 0 Å². The summed E-state index contributed by atoms with van der Waals surface area (Å²) in [6.45, 7) is 0.728. The van der Waals surface area contributed by atoms with Crippen LogP contribution in [0, 0.1) is 16.0 Å². The monoisotopic (exact) mass is 492 g/mol. The van der Waals surface area contributed by atoms with Gasteiger partial charge in [-0.3, -0.25) is 10.1 Å². The van der Waals surface area contributed by atoms with Crippen molar-refractivity contribution in [1.82, 2.24) is 4.90 Å². The first-order valence-electron chi connectivity index (χ1n) is 11.6. The summed E-state index contributed by atoms with van der Waals surface area (Å²) >= 11 is 0. The number of benzene rings is 3. The van der Waals surface area contributed by atoms with Crippen molar-refractivity contribution in [3.8, 4) is 17.2 Å². The van der Waals surface area contributed by atoms with Crippen LogP contribution in [0.25, 0.3) is 0 Å². The van der Waals surface area contributed by atoms with E-state index in [0.29, 0.717) is 48.6 Å². The molecule has 1 fully saturated rings. The third-order valence-corrected chi connectivity index (χ3v) is 6.63. The molecule has 0 atom stereocenters. The molecule has 0 bridgehead atoms. The molecule has 4 rings (SSSR count). The van der Waals surface area contributed by atoms with Gasteiger partial charge >= 0.3 is 6.09 Å². The zero-order chi connectivity index (χ0) is 25.7. The van der Waals surface area contributed by atoms with Crippen molar-refractivity contribution in [2.24, 2.45) is 5.92 Å². The highest BCUT2D eigenvalue weighted by Gasteiger charge is 2.45. The summed E-state index contributed by atoms with van der Waals surface area (Å²) in [6, 6.07) is 20.1. The number of piperidine rings is 1. The molecule has 3 aromatic rings. The van der Waals surface area contributed by atoms with E-state index in [4.69, 9.17) is 14.2 Å².